The SMILES string of the molecule is O=Cc1ccc2c(c1)C1=C(CCCC1=O)CC2. The maximum absolute atomic E-state index is 12.0. The number of Topliss-reactive ketones (excluding diaryl/α,β-unsaturated/α-hetero) is 1. The van der Waals surface area contributed by atoms with E-state index in [2.05, 4.69) is 0 Å². The van der Waals surface area contributed by atoms with Crippen molar-refractivity contribution < 1.29 is 9.59 Å². The van der Waals surface area contributed by atoms with Crippen molar-refractivity contribution in [2.75, 3.05) is 0 Å². The molecule has 0 amide bonds. The van der Waals surface area contributed by atoms with Crippen LogP contribution in [0.15, 0.2) is 23.8 Å². The van der Waals surface area contributed by atoms with Crippen molar-refractivity contribution in [3.8, 4) is 0 Å². The van der Waals surface area contributed by atoms with Gasteiger partial charge >= 0.3 is 0 Å². The lowest BCUT2D eigenvalue weighted by molar-refractivity contribution is -0.114. The second kappa shape index (κ2) is 3.95. The minimum atomic E-state index is 0.259. The Morgan fingerprint density at radius 2 is 1.94 bits per heavy atom. The zero-order valence-corrected chi connectivity index (χ0v) is 9.66. The Hall–Kier alpha value is -1.70. The van der Waals surface area contributed by atoms with Gasteiger partial charge < -0.3 is 0 Å². The number of fused-ring (bicyclic) bond motifs is 2. The van der Waals surface area contributed by atoms with Crippen LogP contribution >= 0.6 is 0 Å². The second-order valence-electron chi connectivity index (χ2n) is 4.79. The van der Waals surface area contributed by atoms with Crippen molar-refractivity contribution in [3.63, 3.8) is 0 Å². The van der Waals surface area contributed by atoms with Gasteiger partial charge in [-0.1, -0.05) is 17.7 Å². The molecular formula is C15H14O2. The lowest BCUT2D eigenvalue weighted by Crippen LogP contribution is -2.16. The molecule has 2 heteroatoms. The molecule has 0 fully saturated rings. The highest BCUT2D eigenvalue weighted by Gasteiger charge is 2.26. The van der Waals surface area contributed by atoms with E-state index in [4.69, 9.17) is 0 Å². The van der Waals surface area contributed by atoms with Crippen LogP contribution in [0.3, 0.4) is 0 Å². The van der Waals surface area contributed by atoms with Crippen molar-refractivity contribution in [1.82, 2.24) is 0 Å². The molecule has 3 rings (SSSR count). The molecule has 0 N–H and O–H groups in total. The number of carbonyl (C=O) groups excluding carboxylic acids is 2. The molecule has 86 valence electrons. The number of hydrogen-bond donors (Lipinski definition) is 0. The first kappa shape index (κ1) is 10.5. The molecule has 0 saturated heterocycles. The van der Waals surface area contributed by atoms with Gasteiger partial charge in [0.1, 0.15) is 6.29 Å². The molecule has 0 radical (unpaired) electrons. The predicted molar refractivity (Wildman–Crippen MR) is 65.9 cm³/mol. The van der Waals surface area contributed by atoms with Crippen molar-refractivity contribution >= 4 is 17.6 Å². The monoisotopic (exact) mass is 226 g/mol. The van der Waals surface area contributed by atoms with Crippen molar-refractivity contribution in [2.45, 2.75) is 32.1 Å². The molecule has 0 unspecified atom stereocenters. The van der Waals surface area contributed by atoms with E-state index in [0.717, 1.165) is 43.1 Å². The van der Waals surface area contributed by atoms with Gasteiger partial charge in [0.15, 0.2) is 5.78 Å². The number of carbonyl (C=O) groups is 2. The molecule has 0 spiro atoms. The zero-order chi connectivity index (χ0) is 11.8. The Morgan fingerprint density at radius 3 is 2.76 bits per heavy atom. The smallest absolute Gasteiger partial charge is 0.163 e. The van der Waals surface area contributed by atoms with Gasteiger partial charge in [-0.25, -0.2) is 0 Å². The lowest BCUT2D eigenvalue weighted by atomic mass is 9.77. The topological polar surface area (TPSA) is 34.1 Å². The molecule has 1 aromatic rings. The highest BCUT2D eigenvalue weighted by atomic mass is 16.1. The highest BCUT2D eigenvalue weighted by molar-refractivity contribution is 6.23. The van der Waals surface area contributed by atoms with E-state index in [1.165, 1.54) is 11.1 Å². The van der Waals surface area contributed by atoms with Gasteiger partial charge in [-0.15, -0.1) is 0 Å². The zero-order valence-electron chi connectivity index (χ0n) is 9.66. The molecule has 0 heterocycles. The first-order valence-corrected chi connectivity index (χ1v) is 6.13. The molecule has 2 nitrogen and oxygen atoms in total. The minimum absolute atomic E-state index is 0.259. The molecule has 2 aliphatic rings. The fourth-order valence-electron chi connectivity index (χ4n) is 2.90. The first-order chi connectivity index (χ1) is 8.29. The largest absolute Gasteiger partial charge is 0.298 e. The average Bonchev–Trinajstić information content (AvgIpc) is 2.38. The van der Waals surface area contributed by atoms with Gasteiger partial charge in [0.2, 0.25) is 0 Å². The van der Waals surface area contributed by atoms with E-state index < -0.39 is 0 Å². The van der Waals surface area contributed by atoms with E-state index in [-0.39, 0.29) is 5.78 Å². The highest BCUT2D eigenvalue weighted by Crippen LogP contribution is 2.38. The van der Waals surface area contributed by atoms with Crippen LogP contribution in [0.4, 0.5) is 0 Å². The molecule has 0 bridgehead atoms. The molecular weight excluding hydrogens is 212 g/mol. The molecule has 17 heavy (non-hydrogen) atoms. The first-order valence-electron chi connectivity index (χ1n) is 6.13. The van der Waals surface area contributed by atoms with Gasteiger partial charge in [-0.3, -0.25) is 9.59 Å². The fraction of sp³-hybridized carbons (Fsp3) is 0.333. The Kier molecular flexibility index (Phi) is 2.43. The summed E-state index contributed by atoms with van der Waals surface area (Å²) in [6.07, 6.45) is 5.55. The van der Waals surface area contributed by atoms with Gasteiger partial charge in [-0.05, 0) is 42.9 Å². The third-order valence-corrected chi connectivity index (χ3v) is 3.75. The van der Waals surface area contributed by atoms with Crippen LogP contribution in [-0.4, -0.2) is 12.1 Å². The molecule has 0 saturated carbocycles. The summed E-state index contributed by atoms with van der Waals surface area (Å²) in [5, 5.41) is 0. The van der Waals surface area contributed by atoms with Crippen LogP contribution < -0.4 is 0 Å². The maximum atomic E-state index is 12.0. The number of allylic oxidation sites excluding steroid dienone is 2. The number of benzene rings is 1. The quantitative estimate of drug-likeness (QED) is 0.690. The Morgan fingerprint density at radius 1 is 1.06 bits per heavy atom. The summed E-state index contributed by atoms with van der Waals surface area (Å²) in [5.41, 5.74) is 5.11. The summed E-state index contributed by atoms with van der Waals surface area (Å²) in [4.78, 5) is 22.9. The standard InChI is InChI=1S/C15H14O2/c16-9-10-4-5-11-6-7-12-2-1-3-14(17)15(12)13(11)8-10/h4-5,8-9H,1-3,6-7H2. The maximum Gasteiger partial charge on any atom is 0.163 e. The summed E-state index contributed by atoms with van der Waals surface area (Å²) in [6.45, 7) is 0. The van der Waals surface area contributed by atoms with Crippen LogP contribution in [0, 0.1) is 0 Å². The number of aldehydes is 1. The molecule has 0 atom stereocenters. The summed E-state index contributed by atoms with van der Waals surface area (Å²) >= 11 is 0. The van der Waals surface area contributed by atoms with E-state index in [0.29, 0.717) is 12.0 Å². The number of aryl methyl sites for hydroxylation is 1. The van der Waals surface area contributed by atoms with Crippen LogP contribution in [0.5, 0.6) is 0 Å². The van der Waals surface area contributed by atoms with Crippen molar-refractivity contribution in [3.05, 3.63) is 40.5 Å². The minimum Gasteiger partial charge on any atom is -0.298 e. The normalized spacial score (nSPS) is 18.7. The third-order valence-electron chi connectivity index (χ3n) is 3.75. The van der Waals surface area contributed by atoms with Crippen LogP contribution in [0.25, 0.3) is 5.57 Å². The van der Waals surface area contributed by atoms with Crippen LogP contribution in [0.1, 0.15) is 47.2 Å². The fourth-order valence-corrected chi connectivity index (χ4v) is 2.90. The van der Waals surface area contributed by atoms with Crippen molar-refractivity contribution in [2.24, 2.45) is 0 Å². The van der Waals surface area contributed by atoms with E-state index in [9.17, 15) is 9.59 Å². The summed E-state index contributed by atoms with van der Waals surface area (Å²) in [5.74, 6) is 0.259. The Labute approximate surface area is 100 Å². The van der Waals surface area contributed by atoms with E-state index in [1.54, 1.807) is 0 Å². The average molecular weight is 226 g/mol. The second-order valence-corrected chi connectivity index (χ2v) is 4.79. The number of rotatable bonds is 1. The molecule has 0 aliphatic heterocycles. The summed E-state index contributed by atoms with van der Waals surface area (Å²) in [7, 11) is 0. The number of hydrogen-bond acceptors (Lipinski definition) is 2. The summed E-state index contributed by atoms with van der Waals surface area (Å²) in [6, 6.07) is 5.70. The van der Waals surface area contributed by atoms with Gasteiger partial charge in [0.05, 0.1) is 0 Å². The van der Waals surface area contributed by atoms with Gasteiger partial charge in [0, 0.05) is 17.6 Å². The Balaban J connectivity index is 2.20. The Bertz CT molecular complexity index is 538. The third kappa shape index (κ3) is 1.64. The molecule has 1 aromatic carbocycles. The lowest BCUT2D eigenvalue weighted by Gasteiger charge is -2.26. The van der Waals surface area contributed by atoms with E-state index in [1.807, 2.05) is 18.2 Å². The van der Waals surface area contributed by atoms with Crippen LogP contribution in [-0.2, 0) is 11.2 Å². The number of ketones is 1. The van der Waals surface area contributed by atoms with Crippen molar-refractivity contribution in [1.29, 1.82) is 0 Å². The van der Waals surface area contributed by atoms with Gasteiger partial charge in [0.25, 0.3) is 0 Å². The molecule has 2 aliphatic carbocycles. The summed E-state index contributed by atoms with van der Waals surface area (Å²) < 4.78 is 0. The van der Waals surface area contributed by atoms with Crippen LogP contribution in [0.2, 0.25) is 0 Å². The van der Waals surface area contributed by atoms with E-state index >= 15 is 0 Å². The predicted octanol–water partition coefficient (Wildman–Crippen LogP) is 2.95. The molecule has 0 aromatic heterocycles. The van der Waals surface area contributed by atoms with Gasteiger partial charge in [-0.2, -0.15) is 0 Å².